The molecule has 0 saturated carbocycles. The van der Waals surface area contributed by atoms with Crippen LogP contribution in [-0.2, 0) is 11.3 Å². The Hall–Kier alpha value is -2.82. The molecule has 0 unspecified atom stereocenters. The van der Waals surface area contributed by atoms with Gasteiger partial charge in [0.05, 0.1) is 18.8 Å². The summed E-state index contributed by atoms with van der Waals surface area (Å²) in [5, 5.41) is 2.83. The van der Waals surface area contributed by atoms with Crippen LogP contribution in [0.2, 0.25) is 0 Å². The summed E-state index contributed by atoms with van der Waals surface area (Å²) in [7, 11) is 1.31. The van der Waals surface area contributed by atoms with Crippen molar-refractivity contribution in [2.24, 2.45) is 0 Å². The van der Waals surface area contributed by atoms with Gasteiger partial charge in [0.1, 0.15) is 5.75 Å². The molecule has 0 aliphatic rings. The highest BCUT2D eigenvalue weighted by atomic mass is 16.5. The lowest BCUT2D eigenvalue weighted by Gasteiger charge is -2.10. The van der Waals surface area contributed by atoms with E-state index in [4.69, 9.17) is 4.74 Å². The van der Waals surface area contributed by atoms with Crippen LogP contribution in [0.4, 0.5) is 0 Å². The molecule has 0 spiro atoms. The maximum Gasteiger partial charge on any atom is 0.337 e. The molecule has 0 heterocycles. The molecular weight excluding hydrogens is 306 g/mol. The van der Waals surface area contributed by atoms with Crippen LogP contribution in [-0.4, -0.2) is 25.1 Å². The van der Waals surface area contributed by atoms with Crippen LogP contribution >= 0.6 is 0 Å². The summed E-state index contributed by atoms with van der Waals surface area (Å²) >= 11 is 0. The Bertz CT molecular complexity index is 708. The summed E-state index contributed by atoms with van der Waals surface area (Å²) in [6, 6.07) is 14.0. The smallest absolute Gasteiger partial charge is 0.337 e. The van der Waals surface area contributed by atoms with E-state index in [-0.39, 0.29) is 12.0 Å². The van der Waals surface area contributed by atoms with Crippen molar-refractivity contribution < 1.29 is 19.1 Å². The number of nitrogens with one attached hydrogen (secondary N) is 1. The number of carbonyl (C=O) groups is 2. The highest BCUT2D eigenvalue weighted by Crippen LogP contribution is 2.14. The number of carbonyl (C=O) groups excluding carboxylic acids is 2. The van der Waals surface area contributed by atoms with Crippen LogP contribution < -0.4 is 10.1 Å². The summed E-state index contributed by atoms with van der Waals surface area (Å²) in [6.07, 6.45) is 0.123. The molecule has 2 rings (SSSR count). The molecule has 1 amide bonds. The monoisotopic (exact) mass is 327 g/mol. The highest BCUT2D eigenvalue weighted by molar-refractivity contribution is 5.97. The summed E-state index contributed by atoms with van der Waals surface area (Å²) < 4.78 is 10.2. The van der Waals surface area contributed by atoms with Gasteiger partial charge in [0.2, 0.25) is 0 Å². The van der Waals surface area contributed by atoms with Crippen molar-refractivity contribution in [2.75, 3.05) is 7.11 Å². The molecular formula is C19H21NO4. The third-order valence-corrected chi connectivity index (χ3v) is 3.29. The molecule has 24 heavy (non-hydrogen) atoms. The van der Waals surface area contributed by atoms with Gasteiger partial charge < -0.3 is 14.8 Å². The molecule has 0 aliphatic carbocycles. The average molecular weight is 327 g/mol. The molecule has 0 aliphatic heterocycles. The minimum atomic E-state index is -0.467. The summed E-state index contributed by atoms with van der Waals surface area (Å²) in [5.74, 6) is 0.0829. The minimum absolute atomic E-state index is 0.123. The lowest BCUT2D eigenvalue weighted by atomic mass is 10.1. The van der Waals surface area contributed by atoms with Gasteiger partial charge in [0.25, 0.3) is 5.91 Å². The van der Waals surface area contributed by atoms with E-state index < -0.39 is 5.97 Å². The first-order valence-corrected chi connectivity index (χ1v) is 7.71. The molecule has 126 valence electrons. The topological polar surface area (TPSA) is 64.6 Å². The normalized spacial score (nSPS) is 10.3. The summed E-state index contributed by atoms with van der Waals surface area (Å²) in [4.78, 5) is 23.7. The van der Waals surface area contributed by atoms with Crippen molar-refractivity contribution in [1.82, 2.24) is 5.32 Å². The number of hydrogen-bond donors (Lipinski definition) is 1. The second-order valence-corrected chi connectivity index (χ2v) is 5.57. The van der Waals surface area contributed by atoms with E-state index >= 15 is 0 Å². The Morgan fingerprint density at radius 2 is 1.71 bits per heavy atom. The first-order chi connectivity index (χ1) is 11.5. The minimum Gasteiger partial charge on any atom is -0.491 e. The van der Waals surface area contributed by atoms with Gasteiger partial charge in [-0.1, -0.05) is 18.2 Å². The molecule has 1 N–H and O–H groups in total. The molecule has 2 aromatic carbocycles. The number of benzene rings is 2. The maximum absolute atomic E-state index is 12.2. The molecule has 0 radical (unpaired) electrons. The van der Waals surface area contributed by atoms with Gasteiger partial charge in [-0.3, -0.25) is 4.79 Å². The number of hydrogen-bond acceptors (Lipinski definition) is 4. The largest absolute Gasteiger partial charge is 0.491 e. The van der Waals surface area contributed by atoms with E-state index in [1.165, 1.54) is 13.2 Å². The van der Waals surface area contributed by atoms with E-state index in [0.717, 1.165) is 11.3 Å². The fraction of sp³-hybridized carbons (Fsp3) is 0.263. The van der Waals surface area contributed by atoms with E-state index in [2.05, 4.69) is 10.1 Å². The molecule has 0 aromatic heterocycles. The fourth-order valence-electron chi connectivity index (χ4n) is 2.15. The quantitative estimate of drug-likeness (QED) is 0.828. The van der Waals surface area contributed by atoms with Crippen molar-refractivity contribution in [2.45, 2.75) is 26.5 Å². The Morgan fingerprint density at radius 3 is 2.33 bits per heavy atom. The fourth-order valence-corrected chi connectivity index (χ4v) is 2.15. The number of ether oxygens (including phenoxy) is 2. The maximum atomic E-state index is 12.2. The Balaban J connectivity index is 1.96. The lowest BCUT2D eigenvalue weighted by molar-refractivity contribution is 0.0600. The third-order valence-electron chi connectivity index (χ3n) is 3.29. The van der Waals surface area contributed by atoms with E-state index in [0.29, 0.717) is 17.7 Å². The number of methoxy groups -OCH3 is 1. The van der Waals surface area contributed by atoms with Crippen molar-refractivity contribution >= 4 is 11.9 Å². The molecule has 0 fully saturated rings. The predicted octanol–water partition coefficient (Wildman–Crippen LogP) is 3.19. The van der Waals surface area contributed by atoms with Crippen molar-refractivity contribution in [3.63, 3.8) is 0 Å². The zero-order chi connectivity index (χ0) is 17.5. The number of rotatable bonds is 6. The van der Waals surface area contributed by atoms with Crippen molar-refractivity contribution in [1.29, 1.82) is 0 Å². The van der Waals surface area contributed by atoms with Gasteiger partial charge in [0, 0.05) is 12.1 Å². The van der Waals surface area contributed by atoms with Gasteiger partial charge >= 0.3 is 5.97 Å². The molecule has 0 bridgehead atoms. The van der Waals surface area contributed by atoms with Crippen LogP contribution in [0.1, 0.15) is 40.1 Å². The Kier molecular flexibility index (Phi) is 5.95. The first kappa shape index (κ1) is 17.5. The van der Waals surface area contributed by atoms with Crippen molar-refractivity contribution in [3.05, 3.63) is 65.2 Å². The molecule has 5 heteroatoms. The highest BCUT2D eigenvalue weighted by Gasteiger charge is 2.10. The van der Waals surface area contributed by atoms with Gasteiger partial charge in [-0.25, -0.2) is 4.79 Å². The molecule has 0 saturated heterocycles. The van der Waals surface area contributed by atoms with Crippen LogP contribution in [0, 0.1) is 0 Å². The molecule has 5 nitrogen and oxygen atoms in total. The van der Waals surface area contributed by atoms with Gasteiger partial charge in [-0.2, -0.15) is 0 Å². The Labute approximate surface area is 141 Å². The van der Waals surface area contributed by atoms with Crippen molar-refractivity contribution in [3.8, 4) is 5.75 Å². The van der Waals surface area contributed by atoms with Gasteiger partial charge in [0.15, 0.2) is 0 Å². The Morgan fingerprint density at radius 1 is 1.04 bits per heavy atom. The summed E-state index contributed by atoms with van der Waals surface area (Å²) in [5.41, 5.74) is 1.72. The van der Waals surface area contributed by atoms with Crippen LogP contribution in [0.5, 0.6) is 5.75 Å². The second-order valence-electron chi connectivity index (χ2n) is 5.57. The van der Waals surface area contributed by atoms with E-state index in [9.17, 15) is 9.59 Å². The van der Waals surface area contributed by atoms with E-state index in [1.807, 2.05) is 38.1 Å². The summed E-state index contributed by atoms with van der Waals surface area (Å²) in [6.45, 7) is 4.33. The van der Waals surface area contributed by atoms with Crippen LogP contribution in [0.25, 0.3) is 0 Å². The SMILES string of the molecule is COC(=O)c1cccc(C(=O)NCc2ccc(OC(C)C)cc2)c1. The zero-order valence-corrected chi connectivity index (χ0v) is 14.0. The van der Waals surface area contributed by atoms with Crippen LogP contribution in [0.3, 0.4) is 0 Å². The van der Waals surface area contributed by atoms with Gasteiger partial charge in [-0.15, -0.1) is 0 Å². The second kappa shape index (κ2) is 8.15. The zero-order valence-electron chi connectivity index (χ0n) is 14.0. The average Bonchev–Trinajstić information content (AvgIpc) is 2.59. The number of esters is 1. The third kappa shape index (κ3) is 4.84. The lowest BCUT2D eigenvalue weighted by Crippen LogP contribution is -2.23. The van der Waals surface area contributed by atoms with E-state index in [1.54, 1.807) is 18.2 Å². The molecule has 0 atom stereocenters. The number of amides is 1. The standard InChI is InChI=1S/C19H21NO4/c1-13(2)24-17-9-7-14(8-10-17)12-20-18(21)15-5-4-6-16(11-15)19(22)23-3/h4-11,13H,12H2,1-3H3,(H,20,21). The van der Waals surface area contributed by atoms with Gasteiger partial charge in [-0.05, 0) is 49.7 Å². The first-order valence-electron chi connectivity index (χ1n) is 7.71. The predicted molar refractivity (Wildman–Crippen MR) is 91.2 cm³/mol. The molecule has 2 aromatic rings. The van der Waals surface area contributed by atoms with Crippen LogP contribution in [0.15, 0.2) is 48.5 Å².